The Labute approximate surface area is 72.8 Å². The summed E-state index contributed by atoms with van der Waals surface area (Å²) in [6.07, 6.45) is 1.64. The molecule has 0 heterocycles. The summed E-state index contributed by atoms with van der Waals surface area (Å²) in [6, 6.07) is 0. The highest BCUT2D eigenvalue weighted by molar-refractivity contribution is 5.82. The molecule has 0 aliphatic carbocycles. The van der Waals surface area contributed by atoms with Crippen molar-refractivity contribution < 1.29 is 14.7 Å². The minimum absolute atomic E-state index is 0.0325. The van der Waals surface area contributed by atoms with Gasteiger partial charge in [-0.05, 0) is 5.92 Å². The maximum absolute atomic E-state index is 11.1. The molecule has 0 saturated carbocycles. The van der Waals surface area contributed by atoms with Crippen LogP contribution in [0.5, 0.6) is 0 Å². The Hall–Kier alpha value is -0.860. The van der Waals surface area contributed by atoms with Crippen LogP contribution in [-0.4, -0.2) is 16.9 Å². The summed E-state index contributed by atoms with van der Waals surface area (Å²) in [4.78, 5) is 21.2. The topological polar surface area (TPSA) is 54.4 Å². The van der Waals surface area contributed by atoms with Gasteiger partial charge in [0.05, 0.1) is 6.42 Å². The van der Waals surface area contributed by atoms with Crippen LogP contribution in [0, 0.1) is 5.92 Å². The van der Waals surface area contributed by atoms with E-state index in [0.29, 0.717) is 12.3 Å². The number of carboxylic acid groups (broad SMARTS) is 1. The molecule has 0 aromatic rings. The smallest absolute Gasteiger partial charge is 0.303 e. The molecule has 3 heteroatoms. The maximum Gasteiger partial charge on any atom is 0.303 e. The van der Waals surface area contributed by atoms with Crippen molar-refractivity contribution in [2.75, 3.05) is 0 Å². The molecule has 70 valence electrons. The minimum atomic E-state index is -0.896. The highest BCUT2D eigenvalue weighted by Crippen LogP contribution is 2.09. The number of rotatable bonds is 6. The van der Waals surface area contributed by atoms with Crippen LogP contribution in [0.4, 0.5) is 0 Å². The molecule has 0 aromatic carbocycles. The summed E-state index contributed by atoms with van der Waals surface area (Å²) in [7, 11) is 0. The van der Waals surface area contributed by atoms with Crippen LogP contribution in [0.25, 0.3) is 0 Å². The van der Waals surface area contributed by atoms with Gasteiger partial charge in [-0.1, -0.05) is 20.3 Å². The molecular formula is C9H16O3. The average Bonchev–Trinajstić information content (AvgIpc) is 2.00. The molecular weight excluding hydrogens is 156 g/mol. The highest BCUT2D eigenvalue weighted by Gasteiger charge is 2.08. The summed E-state index contributed by atoms with van der Waals surface area (Å²) >= 11 is 0. The van der Waals surface area contributed by atoms with Gasteiger partial charge in [0.15, 0.2) is 0 Å². The van der Waals surface area contributed by atoms with Crippen LogP contribution in [0.15, 0.2) is 0 Å². The number of ketones is 1. The van der Waals surface area contributed by atoms with Crippen LogP contribution in [0.3, 0.4) is 0 Å². The first-order chi connectivity index (χ1) is 5.56. The number of carbonyl (C=O) groups is 2. The predicted octanol–water partition coefficient (Wildman–Crippen LogP) is 1.86. The van der Waals surface area contributed by atoms with Crippen molar-refractivity contribution in [2.24, 2.45) is 5.92 Å². The van der Waals surface area contributed by atoms with E-state index in [4.69, 9.17) is 5.11 Å². The number of aliphatic carboxylic acids is 1. The Balaban J connectivity index is 3.53. The van der Waals surface area contributed by atoms with Gasteiger partial charge >= 0.3 is 5.97 Å². The second kappa shape index (κ2) is 5.75. The van der Waals surface area contributed by atoms with Gasteiger partial charge in [-0.15, -0.1) is 0 Å². The van der Waals surface area contributed by atoms with Crippen molar-refractivity contribution in [3.05, 3.63) is 0 Å². The zero-order valence-electron chi connectivity index (χ0n) is 7.67. The van der Waals surface area contributed by atoms with Crippen LogP contribution < -0.4 is 0 Å². The molecule has 0 spiro atoms. The number of carboxylic acids is 1. The fraction of sp³-hybridized carbons (Fsp3) is 0.778. The van der Waals surface area contributed by atoms with Crippen molar-refractivity contribution >= 4 is 11.8 Å². The third-order valence-electron chi connectivity index (χ3n) is 1.89. The first-order valence-electron chi connectivity index (χ1n) is 4.29. The molecule has 0 unspecified atom stereocenters. The standard InChI is InChI=1S/C9H16O3/c1-3-7(2)6-8(10)4-5-9(11)12/h7H,3-6H2,1-2H3,(H,11,12)/t7-/m0/s1. The molecule has 0 aliphatic rings. The molecule has 12 heavy (non-hydrogen) atoms. The molecule has 0 rings (SSSR count). The molecule has 3 nitrogen and oxygen atoms in total. The van der Waals surface area contributed by atoms with E-state index < -0.39 is 5.97 Å². The fourth-order valence-electron chi connectivity index (χ4n) is 0.881. The van der Waals surface area contributed by atoms with Crippen molar-refractivity contribution in [2.45, 2.75) is 39.5 Å². The van der Waals surface area contributed by atoms with Crippen molar-refractivity contribution in [1.82, 2.24) is 0 Å². The van der Waals surface area contributed by atoms with E-state index >= 15 is 0 Å². The Morgan fingerprint density at radius 1 is 1.33 bits per heavy atom. The molecule has 1 N–H and O–H groups in total. The average molecular weight is 172 g/mol. The SMILES string of the molecule is CC[C@H](C)CC(=O)CCC(=O)O. The molecule has 0 fully saturated rings. The third-order valence-corrected chi connectivity index (χ3v) is 1.89. The van der Waals surface area contributed by atoms with Crippen LogP contribution in [0.2, 0.25) is 0 Å². The molecule has 0 saturated heterocycles. The van der Waals surface area contributed by atoms with Gasteiger partial charge in [-0.2, -0.15) is 0 Å². The van der Waals surface area contributed by atoms with Crippen molar-refractivity contribution in [3.8, 4) is 0 Å². The number of hydrogen-bond donors (Lipinski definition) is 1. The molecule has 1 atom stereocenters. The Morgan fingerprint density at radius 2 is 1.92 bits per heavy atom. The van der Waals surface area contributed by atoms with E-state index in [1.807, 2.05) is 13.8 Å². The van der Waals surface area contributed by atoms with Gasteiger partial charge in [-0.25, -0.2) is 0 Å². The van der Waals surface area contributed by atoms with Crippen LogP contribution in [-0.2, 0) is 9.59 Å². The number of Topliss-reactive ketones (excluding diaryl/α,β-unsaturated/α-hetero) is 1. The molecule has 0 radical (unpaired) electrons. The largest absolute Gasteiger partial charge is 0.481 e. The zero-order valence-corrected chi connectivity index (χ0v) is 7.67. The quantitative estimate of drug-likeness (QED) is 0.665. The molecule has 0 amide bonds. The van der Waals surface area contributed by atoms with Gasteiger partial charge < -0.3 is 5.11 Å². The predicted molar refractivity (Wildman–Crippen MR) is 45.9 cm³/mol. The third kappa shape index (κ3) is 5.89. The lowest BCUT2D eigenvalue weighted by molar-refractivity contribution is -0.138. The molecule has 0 bridgehead atoms. The normalized spacial score (nSPS) is 12.5. The lowest BCUT2D eigenvalue weighted by Gasteiger charge is -2.05. The first kappa shape index (κ1) is 11.1. The van der Waals surface area contributed by atoms with Crippen molar-refractivity contribution in [1.29, 1.82) is 0 Å². The minimum Gasteiger partial charge on any atom is -0.481 e. The fourth-order valence-corrected chi connectivity index (χ4v) is 0.881. The Bertz CT molecular complexity index is 163. The summed E-state index contributed by atoms with van der Waals surface area (Å²) < 4.78 is 0. The zero-order chi connectivity index (χ0) is 9.56. The summed E-state index contributed by atoms with van der Waals surface area (Å²) in [6.45, 7) is 4.02. The van der Waals surface area contributed by atoms with Gasteiger partial charge in [0.1, 0.15) is 5.78 Å². The Morgan fingerprint density at radius 3 is 2.33 bits per heavy atom. The van der Waals surface area contributed by atoms with Gasteiger partial charge in [-0.3, -0.25) is 9.59 Å². The van der Waals surface area contributed by atoms with Gasteiger partial charge in [0.2, 0.25) is 0 Å². The van der Waals surface area contributed by atoms with E-state index in [1.165, 1.54) is 0 Å². The van der Waals surface area contributed by atoms with Crippen LogP contribution >= 0.6 is 0 Å². The van der Waals surface area contributed by atoms with Crippen LogP contribution in [0.1, 0.15) is 39.5 Å². The summed E-state index contributed by atoms with van der Waals surface area (Å²) in [5.41, 5.74) is 0. The maximum atomic E-state index is 11.1. The van der Waals surface area contributed by atoms with Gasteiger partial charge in [0, 0.05) is 12.8 Å². The van der Waals surface area contributed by atoms with E-state index in [2.05, 4.69) is 0 Å². The second-order valence-electron chi connectivity index (χ2n) is 3.15. The first-order valence-corrected chi connectivity index (χ1v) is 4.29. The van der Waals surface area contributed by atoms with E-state index in [1.54, 1.807) is 0 Å². The van der Waals surface area contributed by atoms with E-state index in [-0.39, 0.29) is 18.6 Å². The lowest BCUT2D eigenvalue weighted by atomic mass is 10.00. The molecule has 0 aliphatic heterocycles. The Kier molecular flexibility index (Phi) is 5.34. The summed E-state index contributed by atoms with van der Waals surface area (Å²) in [5, 5.41) is 8.30. The molecule has 0 aromatic heterocycles. The monoisotopic (exact) mass is 172 g/mol. The second-order valence-corrected chi connectivity index (χ2v) is 3.15. The summed E-state index contributed by atoms with van der Waals surface area (Å²) in [5.74, 6) is -0.453. The van der Waals surface area contributed by atoms with E-state index in [9.17, 15) is 9.59 Å². The van der Waals surface area contributed by atoms with Crippen molar-refractivity contribution in [3.63, 3.8) is 0 Å². The number of carbonyl (C=O) groups excluding carboxylic acids is 1. The number of hydrogen-bond acceptors (Lipinski definition) is 2. The van der Waals surface area contributed by atoms with Gasteiger partial charge in [0.25, 0.3) is 0 Å². The highest BCUT2D eigenvalue weighted by atomic mass is 16.4. The lowest BCUT2D eigenvalue weighted by Crippen LogP contribution is -2.07. The van der Waals surface area contributed by atoms with E-state index in [0.717, 1.165) is 6.42 Å².